The van der Waals surface area contributed by atoms with Crippen LogP contribution in [0.15, 0.2) is 30.3 Å². The van der Waals surface area contributed by atoms with E-state index in [0.717, 1.165) is 44.1 Å². The van der Waals surface area contributed by atoms with Crippen LogP contribution in [-0.2, 0) is 44.8 Å². The SMILES string of the molecule is COC(=O)C1CCCCC1NC(=O)CC(CCCN)NC(=O)C1CCCCC1NC(=O)CC(CCCN)NC(=O)C1CCCCC1NC(=O)CC(CCCN)NC(=O)OCc1ccccc1. The second kappa shape index (κ2) is 29.8. The Morgan fingerprint density at radius 1 is 0.545 bits per heavy atom. The van der Waals surface area contributed by atoms with Crippen LogP contribution in [0.1, 0.15) is 140 Å². The van der Waals surface area contributed by atoms with E-state index in [-0.39, 0.29) is 67.4 Å². The van der Waals surface area contributed by atoms with Crippen molar-refractivity contribution in [1.29, 1.82) is 0 Å². The van der Waals surface area contributed by atoms with Gasteiger partial charge in [0.2, 0.25) is 29.5 Å². The summed E-state index contributed by atoms with van der Waals surface area (Å²) < 4.78 is 10.4. The first-order valence-electron chi connectivity index (χ1n) is 24.6. The Balaban J connectivity index is 1.32. The minimum Gasteiger partial charge on any atom is -0.469 e. The van der Waals surface area contributed by atoms with Crippen LogP contribution in [0.3, 0.4) is 0 Å². The summed E-state index contributed by atoms with van der Waals surface area (Å²) in [4.78, 5) is 93.5. The summed E-state index contributed by atoms with van der Waals surface area (Å²) in [5.41, 5.74) is 18.3. The van der Waals surface area contributed by atoms with Gasteiger partial charge in [0.1, 0.15) is 6.61 Å². The molecule has 0 bridgehead atoms. The van der Waals surface area contributed by atoms with Gasteiger partial charge >= 0.3 is 12.1 Å². The smallest absolute Gasteiger partial charge is 0.407 e. The zero-order valence-corrected chi connectivity index (χ0v) is 39.2. The van der Waals surface area contributed by atoms with Gasteiger partial charge in [0.25, 0.3) is 0 Å². The minimum atomic E-state index is -0.630. The highest BCUT2D eigenvalue weighted by atomic mass is 16.5. The van der Waals surface area contributed by atoms with Crippen LogP contribution < -0.4 is 49.1 Å². The molecule has 1 aromatic carbocycles. The number of ether oxygens (including phenoxy) is 2. The average molecular weight is 926 g/mol. The van der Waals surface area contributed by atoms with Crippen LogP contribution in [0.5, 0.6) is 0 Å². The zero-order chi connectivity index (χ0) is 47.7. The fourth-order valence-corrected chi connectivity index (χ4v) is 9.76. The molecular formula is C48H79N9O9. The molecule has 9 atom stereocenters. The minimum absolute atomic E-state index is 0.00622. The number of carbonyl (C=O) groups is 7. The number of hydrogen-bond donors (Lipinski definition) is 9. The Bertz CT molecular complexity index is 1690. The van der Waals surface area contributed by atoms with Gasteiger partial charge in [0.05, 0.1) is 24.9 Å². The molecule has 0 radical (unpaired) electrons. The van der Waals surface area contributed by atoms with Gasteiger partial charge in [0.15, 0.2) is 0 Å². The van der Waals surface area contributed by atoms with Crippen LogP contribution in [0.2, 0.25) is 0 Å². The number of alkyl carbamates (subject to hydrolysis) is 1. The quantitative estimate of drug-likeness (QED) is 0.0607. The van der Waals surface area contributed by atoms with E-state index in [9.17, 15) is 33.6 Å². The Labute approximate surface area is 390 Å². The first kappa shape index (κ1) is 53.8. The third kappa shape index (κ3) is 18.8. The standard InChI is InChI=1S/C48H79N9O9/c1-65-47(63)38-21-7-10-24-41(38)57-43(59)29-34(17-12-26-50)53-45(61)36-19-5-8-22-39(36)55-42(58)28-33(16-11-25-49)52-46(62)37-20-6-9-23-40(37)56-44(60)30-35(18-13-27-51)54-48(64)66-31-32-14-3-2-4-15-32/h2-4,14-15,33-41H,5-13,16-31,49-51H2,1H3,(H,52,62)(H,53,61)(H,54,64)(H,55,58)(H,56,60)(H,57,59). The number of methoxy groups -OCH3 is 1. The number of hydrogen-bond acceptors (Lipinski definition) is 12. The van der Waals surface area contributed by atoms with Gasteiger partial charge in [-0.15, -0.1) is 0 Å². The molecule has 3 aliphatic rings. The number of benzene rings is 1. The maximum absolute atomic E-state index is 14.0. The Kier molecular flexibility index (Phi) is 24.3. The number of amides is 6. The molecule has 12 N–H and O–H groups in total. The highest BCUT2D eigenvalue weighted by Gasteiger charge is 2.37. The maximum Gasteiger partial charge on any atom is 0.407 e. The van der Waals surface area contributed by atoms with E-state index >= 15 is 0 Å². The van der Waals surface area contributed by atoms with Crippen molar-refractivity contribution in [3.8, 4) is 0 Å². The molecule has 3 saturated carbocycles. The molecular weight excluding hydrogens is 847 g/mol. The third-order valence-corrected chi connectivity index (χ3v) is 13.3. The summed E-state index contributed by atoms with van der Waals surface area (Å²) in [6.07, 6.45) is 11.4. The molecule has 1 aromatic rings. The molecule has 6 amide bonds. The summed E-state index contributed by atoms with van der Waals surface area (Å²) in [5.74, 6) is -3.08. The van der Waals surface area contributed by atoms with Crippen LogP contribution in [0, 0.1) is 17.8 Å². The summed E-state index contributed by atoms with van der Waals surface area (Å²) in [5, 5.41) is 18.2. The normalized spacial score (nSPS) is 23.2. The first-order valence-corrected chi connectivity index (χ1v) is 24.6. The van der Waals surface area contributed by atoms with Gasteiger partial charge in [-0.2, -0.15) is 0 Å². The molecule has 66 heavy (non-hydrogen) atoms. The summed E-state index contributed by atoms with van der Waals surface area (Å²) in [6.45, 7) is 1.25. The Morgan fingerprint density at radius 2 is 0.924 bits per heavy atom. The lowest BCUT2D eigenvalue weighted by molar-refractivity contribution is -0.148. The molecule has 3 fully saturated rings. The Morgan fingerprint density at radius 3 is 1.33 bits per heavy atom. The largest absolute Gasteiger partial charge is 0.469 e. The molecule has 0 saturated heterocycles. The van der Waals surface area contributed by atoms with Crippen LogP contribution in [-0.4, -0.2) is 105 Å². The summed E-state index contributed by atoms with van der Waals surface area (Å²) >= 11 is 0. The molecule has 18 nitrogen and oxygen atoms in total. The molecule has 3 aliphatic carbocycles. The Hall–Kier alpha value is -4.81. The van der Waals surface area contributed by atoms with Gasteiger partial charge in [-0.25, -0.2) is 4.79 Å². The monoisotopic (exact) mass is 926 g/mol. The van der Waals surface area contributed by atoms with E-state index in [4.69, 9.17) is 26.7 Å². The van der Waals surface area contributed by atoms with Crippen molar-refractivity contribution in [2.24, 2.45) is 35.0 Å². The summed E-state index contributed by atoms with van der Waals surface area (Å²) in [6, 6.07) is 6.59. The van der Waals surface area contributed by atoms with Crippen molar-refractivity contribution in [2.75, 3.05) is 26.7 Å². The lowest BCUT2D eigenvalue weighted by Gasteiger charge is -2.34. The fourth-order valence-electron chi connectivity index (χ4n) is 9.76. The number of esters is 1. The molecule has 4 rings (SSSR count). The second-order valence-electron chi connectivity index (χ2n) is 18.4. The highest BCUT2D eigenvalue weighted by molar-refractivity contribution is 5.85. The lowest BCUT2D eigenvalue weighted by atomic mass is 9.83. The van der Waals surface area contributed by atoms with Crippen molar-refractivity contribution >= 4 is 41.6 Å². The van der Waals surface area contributed by atoms with Gasteiger partial charge < -0.3 is 58.6 Å². The van der Waals surface area contributed by atoms with Crippen molar-refractivity contribution in [3.63, 3.8) is 0 Å². The molecule has 0 aromatic heterocycles. The van der Waals surface area contributed by atoms with Crippen LogP contribution in [0.25, 0.3) is 0 Å². The predicted octanol–water partition coefficient (Wildman–Crippen LogP) is 2.84. The molecule has 370 valence electrons. The van der Waals surface area contributed by atoms with Crippen molar-refractivity contribution in [2.45, 2.75) is 178 Å². The van der Waals surface area contributed by atoms with Crippen molar-refractivity contribution in [1.82, 2.24) is 31.9 Å². The van der Waals surface area contributed by atoms with E-state index in [1.807, 2.05) is 30.3 Å². The van der Waals surface area contributed by atoms with E-state index in [0.29, 0.717) is 96.7 Å². The van der Waals surface area contributed by atoms with Crippen molar-refractivity contribution in [3.05, 3.63) is 35.9 Å². The number of rotatable bonds is 26. The molecule has 0 aliphatic heterocycles. The van der Waals surface area contributed by atoms with E-state index in [1.165, 1.54) is 7.11 Å². The average Bonchev–Trinajstić information content (AvgIpc) is 3.31. The van der Waals surface area contributed by atoms with E-state index in [2.05, 4.69) is 31.9 Å². The second-order valence-corrected chi connectivity index (χ2v) is 18.4. The topological polar surface area (TPSA) is 288 Å². The number of nitrogens with two attached hydrogens (primary N) is 3. The number of nitrogens with one attached hydrogen (secondary N) is 6. The van der Waals surface area contributed by atoms with Gasteiger partial charge in [0, 0.05) is 55.5 Å². The van der Waals surface area contributed by atoms with Gasteiger partial charge in [-0.1, -0.05) is 68.9 Å². The van der Waals surface area contributed by atoms with Crippen molar-refractivity contribution < 1.29 is 43.0 Å². The van der Waals surface area contributed by atoms with Crippen LogP contribution in [0.4, 0.5) is 4.79 Å². The zero-order valence-electron chi connectivity index (χ0n) is 39.2. The first-order chi connectivity index (χ1) is 31.9. The molecule has 9 unspecified atom stereocenters. The predicted molar refractivity (Wildman–Crippen MR) is 250 cm³/mol. The molecule has 0 spiro atoms. The molecule has 18 heteroatoms. The fraction of sp³-hybridized carbons (Fsp3) is 0.729. The summed E-state index contributed by atoms with van der Waals surface area (Å²) in [7, 11) is 1.35. The maximum atomic E-state index is 14.0. The van der Waals surface area contributed by atoms with E-state index < -0.39 is 54.1 Å². The van der Waals surface area contributed by atoms with Crippen LogP contribution >= 0.6 is 0 Å². The third-order valence-electron chi connectivity index (χ3n) is 13.3. The number of carbonyl (C=O) groups excluding carboxylic acids is 7. The van der Waals surface area contributed by atoms with E-state index in [1.54, 1.807) is 0 Å². The highest BCUT2D eigenvalue weighted by Crippen LogP contribution is 2.28. The lowest BCUT2D eigenvalue weighted by Crippen LogP contribution is -2.53. The van der Waals surface area contributed by atoms with Gasteiger partial charge in [-0.05, 0) is 102 Å². The van der Waals surface area contributed by atoms with Gasteiger partial charge in [-0.3, -0.25) is 28.8 Å². The molecule has 0 heterocycles.